The predicted molar refractivity (Wildman–Crippen MR) is 99.3 cm³/mol. The van der Waals surface area contributed by atoms with Crippen LogP contribution in [0.15, 0.2) is 36.7 Å². The third-order valence-corrected chi connectivity index (χ3v) is 4.95. The summed E-state index contributed by atoms with van der Waals surface area (Å²) in [5, 5.41) is 16.8. The third-order valence-electron chi connectivity index (χ3n) is 4.95. The van der Waals surface area contributed by atoms with Crippen molar-refractivity contribution in [3.05, 3.63) is 48.0 Å². The lowest BCUT2D eigenvalue weighted by molar-refractivity contribution is 0.0939. The fourth-order valence-corrected chi connectivity index (χ4v) is 3.48. The first-order valence-electron chi connectivity index (χ1n) is 8.98. The summed E-state index contributed by atoms with van der Waals surface area (Å²) in [5.41, 5.74) is 2.00. The van der Waals surface area contributed by atoms with Gasteiger partial charge in [0.05, 0.1) is 11.4 Å². The minimum Gasteiger partial charge on any atom is -0.350 e. The summed E-state index contributed by atoms with van der Waals surface area (Å²) in [7, 11) is 0. The van der Waals surface area contributed by atoms with Gasteiger partial charge in [-0.25, -0.2) is 4.68 Å². The molecule has 134 valence electrons. The van der Waals surface area contributed by atoms with Crippen LogP contribution in [-0.2, 0) is 0 Å². The highest BCUT2D eigenvalue weighted by Crippen LogP contribution is 2.22. The SMILES string of the molecule is Cc1c(C(=O)NCC2CCCNC2)nnn1-c1cccc2cnccc12. The predicted octanol–water partition coefficient (Wildman–Crippen LogP) is 1.85. The van der Waals surface area contributed by atoms with E-state index in [9.17, 15) is 4.79 Å². The number of benzene rings is 1. The van der Waals surface area contributed by atoms with Crippen molar-refractivity contribution in [3.8, 4) is 5.69 Å². The molecule has 1 aliphatic heterocycles. The summed E-state index contributed by atoms with van der Waals surface area (Å²) in [4.78, 5) is 16.7. The highest BCUT2D eigenvalue weighted by atomic mass is 16.2. The van der Waals surface area contributed by atoms with Gasteiger partial charge in [0.2, 0.25) is 0 Å². The van der Waals surface area contributed by atoms with Crippen LogP contribution in [-0.4, -0.2) is 45.5 Å². The fraction of sp³-hybridized carbons (Fsp3) is 0.368. The Morgan fingerprint density at radius 2 is 2.31 bits per heavy atom. The molecule has 26 heavy (non-hydrogen) atoms. The van der Waals surface area contributed by atoms with Crippen LogP contribution in [0.3, 0.4) is 0 Å². The lowest BCUT2D eigenvalue weighted by atomic mass is 10.00. The molecule has 7 nitrogen and oxygen atoms in total. The molecule has 2 N–H and O–H groups in total. The van der Waals surface area contributed by atoms with E-state index in [0.717, 1.165) is 48.1 Å². The second-order valence-corrected chi connectivity index (χ2v) is 6.73. The molecule has 1 atom stereocenters. The van der Waals surface area contributed by atoms with Crippen LogP contribution in [0.2, 0.25) is 0 Å². The Bertz CT molecular complexity index is 923. The van der Waals surface area contributed by atoms with Crippen LogP contribution in [0.5, 0.6) is 0 Å². The lowest BCUT2D eigenvalue weighted by Gasteiger charge is -2.22. The van der Waals surface area contributed by atoms with Crippen LogP contribution in [0.4, 0.5) is 0 Å². The standard InChI is InChI=1S/C19H22N6O/c1-13-18(19(26)22-11-14-4-3-8-20-10-14)23-24-25(13)17-6-2-5-15-12-21-9-7-16(15)17/h2,5-7,9,12,14,20H,3-4,8,10-11H2,1H3,(H,22,26). The van der Waals surface area contributed by atoms with Crippen molar-refractivity contribution in [3.63, 3.8) is 0 Å². The van der Waals surface area contributed by atoms with Crippen molar-refractivity contribution in [2.75, 3.05) is 19.6 Å². The first-order valence-corrected chi connectivity index (χ1v) is 8.98. The molecule has 1 aliphatic rings. The molecule has 3 aromatic rings. The van der Waals surface area contributed by atoms with Crippen molar-refractivity contribution in [1.29, 1.82) is 0 Å². The fourth-order valence-electron chi connectivity index (χ4n) is 3.48. The number of piperidine rings is 1. The number of carbonyl (C=O) groups is 1. The average molecular weight is 350 g/mol. The molecule has 1 fully saturated rings. The second-order valence-electron chi connectivity index (χ2n) is 6.73. The Morgan fingerprint density at radius 3 is 3.15 bits per heavy atom. The van der Waals surface area contributed by atoms with Crippen molar-refractivity contribution in [1.82, 2.24) is 30.6 Å². The maximum absolute atomic E-state index is 12.6. The monoisotopic (exact) mass is 350 g/mol. The van der Waals surface area contributed by atoms with Gasteiger partial charge in [-0.05, 0) is 50.9 Å². The molecule has 0 saturated carbocycles. The Hall–Kier alpha value is -2.80. The molecule has 3 heterocycles. The van der Waals surface area contributed by atoms with E-state index >= 15 is 0 Å². The number of hydrogen-bond donors (Lipinski definition) is 2. The minimum absolute atomic E-state index is 0.166. The number of pyridine rings is 1. The Labute approximate surface area is 151 Å². The number of amides is 1. The number of fused-ring (bicyclic) bond motifs is 1. The molecule has 2 aromatic heterocycles. The van der Waals surface area contributed by atoms with E-state index in [-0.39, 0.29) is 5.91 Å². The third kappa shape index (κ3) is 3.17. The van der Waals surface area contributed by atoms with Gasteiger partial charge in [0, 0.05) is 29.7 Å². The number of rotatable bonds is 4. The van der Waals surface area contributed by atoms with Gasteiger partial charge in [-0.2, -0.15) is 0 Å². The van der Waals surface area contributed by atoms with Gasteiger partial charge >= 0.3 is 0 Å². The first-order chi connectivity index (χ1) is 12.7. The summed E-state index contributed by atoms with van der Waals surface area (Å²) in [5.74, 6) is 0.315. The van der Waals surface area contributed by atoms with Gasteiger partial charge in [0.15, 0.2) is 5.69 Å². The molecule has 0 radical (unpaired) electrons. The number of nitrogens with zero attached hydrogens (tertiary/aromatic N) is 4. The van der Waals surface area contributed by atoms with Crippen LogP contribution in [0.25, 0.3) is 16.5 Å². The normalized spacial score (nSPS) is 17.3. The van der Waals surface area contributed by atoms with Crippen LogP contribution < -0.4 is 10.6 Å². The highest BCUT2D eigenvalue weighted by molar-refractivity contribution is 5.94. The molecule has 4 rings (SSSR count). The minimum atomic E-state index is -0.166. The van der Waals surface area contributed by atoms with E-state index in [4.69, 9.17) is 0 Å². The smallest absolute Gasteiger partial charge is 0.273 e. The quantitative estimate of drug-likeness (QED) is 0.750. The number of carbonyl (C=O) groups excluding carboxylic acids is 1. The molecule has 0 aliphatic carbocycles. The van der Waals surface area contributed by atoms with E-state index in [1.807, 2.05) is 37.4 Å². The van der Waals surface area contributed by atoms with E-state index in [2.05, 4.69) is 25.9 Å². The summed E-state index contributed by atoms with van der Waals surface area (Å²) in [6.45, 7) is 4.56. The Morgan fingerprint density at radius 1 is 1.38 bits per heavy atom. The van der Waals surface area contributed by atoms with Crippen LogP contribution in [0.1, 0.15) is 29.0 Å². The van der Waals surface area contributed by atoms with E-state index in [1.165, 1.54) is 0 Å². The van der Waals surface area contributed by atoms with Crippen molar-refractivity contribution >= 4 is 16.7 Å². The first kappa shape index (κ1) is 16.7. The topological polar surface area (TPSA) is 84.7 Å². The molecule has 1 amide bonds. The Kier molecular flexibility index (Phi) is 4.62. The van der Waals surface area contributed by atoms with Gasteiger partial charge in [-0.3, -0.25) is 9.78 Å². The zero-order valence-electron chi connectivity index (χ0n) is 14.8. The molecule has 0 bridgehead atoms. The zero-order valence-corrected chi connectivity index (χ0v) is 14.8. The van der Waals surface area contributed by atoms with Crippen molar-refractivity contribution in [2.24, 2.45) is 5.92 Å². The highest BCUT2D eigenvalue weighted by Gasteiger charge is 2.20. The maximum atomic E-state index is 12.6. The Balaban J connectivity index is 1.56. The van der Waals surface area contributed by atoms with Gasteiger partial charge < -0.3 is 10.6 Å². The average Bonchev–Trinajstić information content (AvgIpc) is 3.08. The molecular weight excluding hydrogens is 328 g/mol. The van der Waals surface area contributed by atoms with Crippen LogP contribution >= 0.6 is 0 Å². The number of hydrogen-bond acceptors (Lipinski definition) is 5. The number of nitrogens with one attached hydrogen (secondary N) is 2. The van der Waals surface area contributed by atoms with Gasteiger partial charge in [0.25, 0.3) is 5.91 Å². The number of aromatic nitrogens is 4. The van der Waals surface area contributed by atoms with E-state index in [0.29, 0.717) is 18.2 Å². The molecule has 7 heteroatoms. The summed E-state index contributed by atoms with van der Waals surface area (Å²) < 4.78 is 1.72. The summed E-state index contributed by atoms with van der Waals surface area (Å²) in [6.07, 6.45) is 5.87. The van der Waals surface area contributed by atoms with Crippen molar-refractivity contribution in [2.45, 2.75) is 19.8 Å². The summed E-state index contributed by atoms with van der Waals surface area (Å²) >= 11 is 0. The van der Waals surface area contributed by atoms with Crippen LogP contribution in [0, 0.1) is 12.8 Å². The van der Waals surface area contributed by atoms with E-state index < -0.39 is 0 Å². The molecule has 0 spiro atoms. The van der Waals surface area contributed by atoms with Crippen molar-refractivity contribution < 1.29 is 4.79 Å². The summed E-state index contributed by atoms with van der Waals surface area (Å²) in [6, 6.07) is 7.88. The largest absolute Gasteiger partial charge is 0.350 e. The van der Waals surface area contributed by atoms with E-state index in [1.54, 1.807) is 10.9 Å². The lowest BCUT2D eigenvalue weighted by Crippen LogP contribution is -2.38. The van der Waals surface area contributed by atoms with Gasteiger partial charge in [-0.1, -0.05) is 17.3 Å². The zero-order chi connectivity index (χ0) is 17.9. The molecule has 1 saturated heterocycles. The molecule has 1 aromatic carbocycles. The van der Waals surface area contributed by atoms with Gasteiger partial charge in [-0.15, -0.1) is 5.10 Å². The maximum Gasteiger partial charge on any atom is 0.273 e. The molecule has 1 unspecified atom stereocenters. The van der Waals surface area contributed by atoms with Gasteiger partial charge in [0.1, 0.15) is 0 Å². The second kappa shape index (κ2) is 7.21. The molecular formula is C19H22N6O.